The van der Waals surface area contributed by atoms with Gasteiger partial charge in [0.05, 0.1) is 24.5 Å². The Morgan fingerprint density at radius 3 is 2.20 bits per heavy atom. The maximum absolute atomic E-state index is 13.0. The number of anilines is 2. The van der Waals surface area contributed by atoms with Crippen LogP contribution in [0.15, 0.2) is 48.2 Å². The van der Waals surface area contributed by atoms with Crippen molar-refractivity contribution in [2.45, 2.75) is 20.8 Å². The summed E-state index contributed by atoms with van der Waals surface area (Å²) >= 11 is 0. The van der Waals surface area contributed by atoms with Crippen molar-refractivity contribution >= 4 is 34.7 Å². The Kier molecular flexibility index (Phi) is 6.06. The summed E-state index contributed by atoms with van der Waals surface area (Å²) in [6.45, 7) is 5.84. The molecule has 0 atom stereocenters. The van der Waals surface area contributed by atoms with E-state index in [0.29, 0.717) is 36.0 Å². The zero-order chi connectivity index (χ0) is 21.8. The average Bonchev–Trinajstić information content (AvgIpc) is 2.93. The number of hydrogen-bond acceptors (Lipinski definition) is 6. The predicted molar refractivity (Wildman–Crippen MR) is 112 cm³/mol. The molecule has 30 heavy (non-hydrogen) atoms. The molecule has 0 bridgehead atoms. The summed E-state index contributed by atoms with van der Waals surface area (Å²) in [5.41, 5.74) is 1.04. The zero-order valence-electron chi connectivity index (χ0n) is 16.9. The summed E-state index contributed by atoms with van der Waals surface area (Å²) in [6.07, 6.45) is 0. The molecule has 0 saturated heterocycles. The molecule has 0 spiro atoms. The number of imide groups is 1. The van der Waals surface area contributed by atoms with Gasteiger partial charge in [0, 0.05) is 18.7 Å². The van der Waals surface area contributed by atoms with Gasteiger partial charge in [-0.1, -0.05) is 12.1 Å². The van der Waals surface area contributed by atoms with Gasteiger partial charge in [-0.25, -0.2) is 4.90 Å². The Morgan fingerprint density at radius 2 is 1.60 bits per heavy atom. The van der Waals surface area contributed by atoms with Gasteiger partial charge in [-0.3, -0.25) is 14.4 Å². The van der Waals surface area contributed by atoms with Crippen molar-refractivity contribution in [2.75, 3.05) is 23.4 Å². The summed E-state index contributed by atoms with van der Waals surface area (Å²) in [4.78, 5) is 37.7. The van der Waals surface area contributed by atoms with E-state index in [1.54, 1.807) is 36.4 Å². The van der Waals surface area contributed by atoms with E-state index in [-0.39, 0.29) is 17.2 Å². The van der Waals surface area contributed by atoms with Gasteiger partial charge >= 0.3 is 5.91 Å². The van der Waals surface area contributed by atoms with Crippen molar-refractivity contribution in [3.05, 3.63) is 53.8 Å². The van der Waals surface area contributed by atoms with Gasteiger partial charge < -0.3 is 19.9 Å². The smallest absolute Gasteiger partial charge is 0.301 e. The molecular formula is C22H22N2O6. The number of hydrogen-bond donors (Lipinski definition) is 2. The fourth-order valence-electron chi connectivity index (χ4n) is 3.12. The van der Waals surface area contributed by atoms with Gasteiger partial charge in [0.25, 0.3) is 5.91 Å². The fraction of sp³-hybridized carbons (Fsp3) is 0.227. The quantitative estimate of drug-likeness (QED) is 0.679. The standard InChI is InChI=1S/C22H22N2O6/c1-4-29-17-11-10-16(12-18(17)30-5-2)24-21(27)19(20(26)22(24)28)14-6-8-15(9-7-14)23-13(3)25/h6-12,26H,4-5H2,1-3H3,(H,23,25). The van der Waals surface area contributed by atoms with Crippen LogP contribution in [0.25, 0.3) is 5.57 Å². The van der Waals surface area contributed by atoms with Gasteiger partial charge in [0.1, 0.15) is 0 Å². The Bertz CT molecular complexity index is 1030. The van der Waals surface area contributed by atoms with Crippen molar-refractivity contribution < 1.29 is 29.0 Å². The van der Waals surface area contributed by atoms with Gasteiger partial charge in [0.15, 0.2) is 17.3 Å². The van der Waals surface area contributed by atoms with Crippen LogP contribution in [0.4, 0.5) is 11.4 Å². The molecule has 0 unspecified atom stereocenters. The van der Waals surface area contributed by atoms with Crippen molar-refractivity contribution in [1.82, 2.24) is 0 Å². The molecule has 3 amide bonds. The molecular weight excluding hydrogens is 388 g/mol. The van der Waals surface area contributed by atoms with E-state index in [1.165, 1.54) is 13.0 Å². The molecule has 2 N–H and O–H groups in total. The molecule has 0 aliphatic carbocycles. The van der Waals surface area contributed by atoms with Crippen LogP contribution in [-0.4, -0.2) is 36.0 Å². The lowest BCUT2D eigenvalue weighted by Crippen LogP contribution is -2.31. The van der Waals surface area contributed by atoms with E-state index in [9.17, 15) is 19.5 Å². The maximum Gasteiger partial charge on any atom is 0.301 e. The Hall–Kier alpha value is -3.81. The minimum absolute atomic E-state index is 0.110. The largest absolute Gasteiger partial charge is 0.502 e. The Balaban J connectivity index is 1.93. The number of benzene rings is 2. The third-order valence-electron chi connectivity index (χ3n) is 4.34. The second kappa shape index (κ2) is 8.69. The summed E-state index contributed by atoms with van der Waals surface area (Å²) < 4.78 is 11.1. The molecule has 156 valence electrons. The normalized spacial score (nSPS) is 13.6. The number of carbonyl (C=O) groups excluding carboxylic acids is 3. The summed E-state index contributed by atoms with van der Waals surface area (Å²) in [6, 6.07) is 11.0. The molecule has 0 aromatic heterocycles. The topological polar surface area (TPSA) is 105 Å². The highest BCUT2D eigenvalue weighted by molar-refractivity contribution is 6.44. The summed E-state index contributed by atoms with van der Waals surface area (Å²) in [5, 5.41) is 13.0. The maximum atomic E-state index is 13.0. The Morgan fingerprint density at radius 1 is 0.967 bits per heavy atom. The molecule has 1 aliphatic heterocycles. The van der Waals surface area contributed by atoms with E-state index >= 15 is 0 Å². The highest BCUT2D eigenvalue weighted by atomic mass is 16.5. The van der Waals surface area contributed by atoms with Gasteiger partial charge in [0.2, 0.25) is 5.91 Å². The number of nitrogens with zero attached hydrogens (tertiary/aromatic N) is 1. The predicted octanol–water partition coefficient (Wildman–Crippen LogP) is 3.28. The lowest BCUT2D eigenvalue weighted by molar-refractivity contribution is -0.121. The lowest BCUT2D eigenvalue weighted by Gasteiger charge is -2.18. The first kappa shape index (κ1) is 20.9. The van der Waals surface area contributed by atoms with Crippen molar-refractivity contribution in [2.24, 2.45) is 0 Å². The van der Waals surface area contributed by atoms with Crippen LogP contribution in [0.3, 0.4) is 0 Å². The molecule has 8 heteroatoms. The SMILES string of the molecule is CCOc1ccc(N2C(=O)C(O)=C(c3ccc(NC(C)=O)cc3)C2=O)cc1OCC. The number of ether oxygens (including phenoxy) is 2. The number of aliphatic hydroxyl groups is 1. The molecule has 3 rings (SSSR count). The van der Waals surface area contributed by atoms with Crippen LogP contribution >= 0.6 is 0 Å². The monoisotopic (exact) mass is 410 g/mol. The number of nitrogens with one attached hydrogen (secondary N) is 1. The molecule has 0 fully saturated rings. The third kappa shape index (κ3) is 3.98. The minimum atomic E-state index is -0.826. The second-order valence-electron chi connectivity index (χ2n) is 6.42. The van der Waals surface area contributed by atoms with Gasteiger partial charge in [-0.15, -0.1) is 0 Å². The van der Waals surface area contributed by atoms with Crippen LogP contribution < -0.4 is 19.7 Å². The average molecular weight is 410 g/mol. The fourth-order valence-corrected chi connectivity index (χ4v) is 3.12. The van der Waals surface area contributed by atoms with E-state index in [2.05, 4.69) is 5.32 Å². The molecule has 2 aromatic carbocycles. The Labute approximate surface area is 173 Å². The van der Waals surface area contributed by atoms with Crippen molar-refractivity contribution in [3.63, 3.8) is 0 Å². The van der Waals surface area contributed by atoms with E-state index in [1.807, 2.05) is 13.8 Å². The van der Waals surface area contributed by atoms with Crippen LogP contribution in [0, 0.1) is 0 Å². The first-order valence-electron chi connectivity index (χ1n) is 9.47. The molecule has 0 radical (unpaired) electrons. The lowest BCUT2D eigenvalue weighted by atomic mass is 10.1. The van der Waals surface area contributed by atoms with Gasteiger partial charge in [-0.2, -0.15) is 0 Å². The molecule has 8 nitrogen and oxygen atoms in total. The van der Waals surface area contributed by atoms with Crippen molar-refractivity contribution in [1.29, 1.82) is 0 Å². The molecule has 1 aliphatic rings. The number of rotatable bonds is 7. The number of aliphatic hydroxyl groups excluding tert-OH is 1. The molecule has 0 saturated carbocycles. The molecule has 1 heterocycles. The van der Waals surface area contributed by atoms with E-state index in [4.69, 9.17) is 9.47 Å². The van der Waals surface area contributed by atoms with Crippen LogP contribution in [-0.2, 0) is 14.4 Å². The second-order valence-corrected chi connectivity index (χ2v) is 6.42. The first-order chi connectivity index (χ1) is 14.4. The van der Waals surface area contributed by atoms with Gasteiger partial charge in [-0.05, 0) is 43.7 Å². The highest BCUT2D eigenvalue weighted by Crippen LogP contribution is 2.37. The summed E-state index contributed by atoms with van der Waals surface area (Å²) in [5.74, 6) is -1.47. The zero-order valence-corrected chi connectivity index (χ0v) is 16.9. The number of carbonyl (C=O) groups is 3. The first-order valence-corrected chi connectivity index (χ1v) is 9.47. The minimum Gasteiger partial charge on any atom is -0.502 e. The highest BCUT2D eigenvalue weighted by Gasteiger charge is 2.40. The van der Waals surface area contributed by atoms with E-state index in [0.717, 1.165) is 4.90 Å². The van der Waals surface area contributed by atoms with Crippen LogP contribution in [0.5, 0.6) is 11.5 Å². The van der Waals surface area contributed by atoms with Crippen LogP contribution in [0.2, 0.25) is 0 Å². The van der Waals surface area contributed by atoms with Crippen LogP contribution in [0.1, 0.15) is 26.3 Å². The number of amides is 3. The van der Waals surface area contributed by atoms with E-state index < -0.39 is 17.6 Å². The van der Waals surface area contributed by atoms with Crippen molar-refractivity contribution in [3.8, 4) is 11.5 Å². The summed E-state index contributed by atoms with van der Waals surface area (Å²) in [7, 11) is 0. The molecule has 2 aromatic rings. The third-order valence-corrected chi connectivity index (χ3v) is 4.34.